The van der Waals surface area contributed by atoms with Crippen LogP contribution in [0.25, 0.3) is 0 Å². The molecule has 0 aliphatic rings. The van der Waals surface area contributed by atoms with Gasteiger partial charge in [0.05, 0.1) is 0 Å². The maximum absolute atomic E-state index is 11.1. The Morgan fingerprint density at radius 3 is 2.62 bits per heavy atom. The standard InChI is InChI=1S/C13H15NO2/c1-3-7-10(2)14-12(13(15)16)11-8-5-4-6-9-11/h1,4-6,8-10,12,14H,7H2,2H3,(H,15,16). The molecule has 2 unspecified atom stereocenters. The molecule has 1 aromatic carbocycles. The lowest BCUT2D eigenvalue weighted by Gasteiger charge is -2.18. The Bertz CT molecular complexity index is 381. The molecule has 2 N–H and O–H groups in total. The van der Waals surface area contributed by atoms with E-state index in [-0.39, 0.29) is 6.04 Å². The highest BCUT2D eigenvalue weighted by Crippen LogP contribution is 2.13. The van der Waals surface area contributed by atoms with Crippen molar-refractivity contribution in [2.45, 2.75) is 25.4 Å². The van der Waals surface area contributed by atoms with E-state index in [1.165, 1.54) is 0 Å². The summed E-state index contributed by atoms with van der Waals surface area (Å²) in [6.45, 7) is 1.87. The Labute approximate surface area is 95.5 Å². The van der Waals surface area contributed by atoms with Gasteiger partial charge in [0.2, 0.25) is 0 Å². The molecule has 0 spiro atoms. The van der Waals surface area contributed by atoms with E-state index < -0.39 is 12.0 Å². The van der Waals surface area contributed by atoms with E-state index in [9.17, 15) is 4.79 Å². The highest BCUT2D eigenvalue weighted by molar-refractivity contribution is 5.75. The number of benzene rings is 1. The van der Waals surface area contributed by atoms with Crippen molar-refractivity contribution in [3.8, 4) is 12.3 Å². The van der Waals surface area contributed by atoms with Gasteiger partial charge in [-0.3, -0.25) is 10.1 Å². The summed E-state index contributed by atoms with van der Waals surface area (Å²) in [5, 5.41) is 12.1. The summed E-state index contributed by atoms with van der Waals surface area (Å²) in [5.74, 6) is 1.61. The lowest BCUT2D eigenvalue weighted by molar-refractivity contribution is -0.139. The van der Waals surface area contributed by atoms with E-state index in [1.54, 1.807) is 12.1 Å². The van der Waals surface area contributed by atoms with E-state index in [1.807, 2.05) is 25.1 Å². The van der Waals surface area contributed by atoms with Gasteiger partial charge in [0.1, 0.15) is 6.04 Å². The van der Waals surface area contributed by atoms with Crippen LogP contribution in [0.2, 0.25) is 0 Å². The van der Waals surface area contributed by atoms with Crippen LogP contribution in [-0.4, -0.2) is 17.1 Å². The first-order chi connectivity index (χ1) is 7.65. The Kier molecular flexibility index (Phi) is 4.56. The van der Waals surface area contributed by atoms with Crippen LogP contribution in [0, 0.1) is 12.3 Å². The van der Waals surface area contributed by atoms with Gasteiger partial charge in [-0.05, 0) is 12.5 Å². The molecular formula is C13H15NO2. The van der Waals surface area contributed by atoms with Crippen LogP contribution < -0.4 is 5.32 Å². The van der Waals surface area contributed by atoms with Crippen molar-refractivity contribution >= 4 is 5.97 Å². The summed E-state index contributed by atoms with van der Waals surface area (Å²) >= 11 is 0. The molecule has 3 nitrogen and oxygen atoms in total. The molecule has 16 heavy (non-hydrogen) atoms. The first kappa shape index (κ1) is 12.3. The van der Waals surface area contributed by atoms with Crippen molar-refractivity contribution < 1.29 is 9.90 Å². The molecular weight excluding hydrogens is 202 g/mol. The van der Waals surface area contributed by atoms with Crippen molar-refractivity contribution in [2.75, 3.05) is 0 Å². The smallest absolute Gasteiger partial charge is 0.325 e. The van der Waals surface area contributed by atoms with E-state index >= 15 is 0 Å². The Balaban J connectivity index is 2.77. The lowest BCUT2D eigenvalue weighted by atomic mass is 10.1. The summed E-state index contributed by atoms with van der Waals surface area (Å²) in [4.78, 5) is 11.1. The zero-order valence-electron chi connectivity index (χ0n) is 9.18. The fraction of sp³-hybridized carbons (Fsp3) is 0.308. The quantitative estimate of drug-likeness (QED) is 0.739. The molecule has 0 saturated carbocycles. The number of carboxylic acid groups (broad SMARTS) is 1. The van der Waals surface area contributed by atoms with Gasteiger partial charge in [0, 0.05) is 12.5 Å². The Morgan fingerprint density at radius 2 is 2.12 bits per heavy atom. The van der Waals surface area contributed by atoms with Crippen molar-refractivity contribution in [3.63, 3.8) is 0 Å². The average Bonchev–Trinajstić information content (AvgIpc) is 2.27. The summed E-state index contributed by atoms with van der Waals surface area (Å²) in [6.07, 6.45) is 5.69. The number of rotatable bonds is 5. The van der Waals surface area contributed by atoms with E-state index in [4.69, 9.17) is 11.5 Å². The fourth-order valence-electron chi connectivity index (χ4n) is 1.48. The third-order valence-corrected chi connectivity index (χ3v) is 2.26. The minimum Gasteiger partial charge on any atom is -0.480 e. The molecule has 84 valence electrons. The van der Waals surface area contributed by atoms with Gasteiger partial charge in [-0.2, -0.15) is 0 Å². The van der Waals surface area contributed by atoms with E-state index in [0.717, 1.165) is 5.56 Å². The third kappa shape index (κ3) is 3.41. The second-order valence-corrected chi connectivity index (χ2v) is 3.66. The van der Waals surface area contributed by atoms with Gasteiger partial charge in [-0.15, -0.1) is 12.3 Å². The van der Waals surface area contributed by atoms with Gasteiger partial charge in [0.15, 0.2) is 0 Å². The van der Waals surface area contributed by atoms with Crippen LogP contribution in [0.4, 0.5) is 0 Å². The molecule has 0 aliphatic heterocycles. The number of aliphatic carboxylic acids is 1. The fourth-order valence-corrected chi connectivity index (χ4v) is 1.48. The number of carbonyl (C=O) groups is 1. The zero-order valence-corrected chi connectivity index (χ0v) is 9.18. The average molecular weight is 217 g/mol. The predicted octanol–water partition coefficient (Wildman–Crippen LogP) is 1.81. The van der Waals surface area contributed by atoms with Crippen LogP contribution in [0.5, 0.6) is 0 Å². The van der Waals surface area contributed by atoms with Crippen LogP contribution in [0.15, 0.2) is 30.3 Å². The van der Waals surface area contributed by atoms with Crippen molar-refractivity contribution in [2.24, 2.45) is 0 Å². The van der Waals surface area contributed by atoms with Crippen molar-refractivity contribution in [3.05, 3.63) is 35.9 Å². The monoisotopic (exact) mass is 217 g/mol. The number of terminal acetylenes is 1. The molecule has 0 heterocycles. The van der Waals surface area contributed by atoms with Crippen molar-refractivity contribution in [1.82, 2.24) is 5.32 Å². The summed E-state index contributed by atoms with van der Waals surface area (Å²) in [6, 6.07) is 8.34. The Hall–Kier alpha value is -1.79. The third-order valence-electron chi connectivity index (χ3n) is 2.26. The molecule has 0 bridgehead atoms. The lowest BCUT2D eigenvalue weighted by Crippen LogP contribution is -2.35. The molecule has 0 aliphatic carbocycles. The SMILES string of the molecule is C#CCC(C)NC(C(=O)O)c1ccccc1. The largest absolute Gasteiger partial charge is 0.480 e. The minimum absolute atomic E-state index is 0.0219. The summed E-state index contributed by atoms with van der Waals surface area (Å²) < 4.78 is 0. The van der Waals surface area contributed by atoms with Crippen LogP contribution in [-0.2, 0) is 4.79 Å². The minimum atomic E-state index is -0.893. The number of hydrogen-bond donors (Lipinski definition) is 2. The molecule has 3 heteroatoms. The highest BCUT2D eigenvalue weighted by Gasteiger charge is 2.20. The number of nitrogens with one attached hydrogen (secondary N) is 1. The van der Waals surface area contributed by atoms with Crippen LogP contribution >= 0.6 is 0 Å². The van der Waals surface area contributed by atoms with Gasteiger partial charge < -0.3 is 5.11 Å². The van der Waals surface area contributed by atoms with Gasteiger partial charge >= 0.3 is 5.97 Å². The van der Waals surface area contributed by atoms with Crippen molar-refractivity contribution in [1.29, 1.82) is 0 Å². The van der Waals surface area contributed by atoms with E-state index in [0.29, 0.717) is 6.42 Å². The number of carboxylic acids is 1. The normalized spacial score (nSPS) is 13.8. The molecule has 0 saturated heterocycles. The topological polar surface area (TPSA) is 49.3 Å². The second kappa shape index (κ2) is 5.94. The van der Waals surface area contributed by atoms with E-state index in [2.05, 4.69) is 11.2 Å². The molecule has 0 aromatic heterocycles. The first-order valence-electron chi connectivity index (χ1n) is 5.12. The molecule has 0 radical (unpaired) electrons. The molecule has 1 aromatic rings. The molecule has 0 fully saturated rings. The van der Waals surface area contributed by atoms with Crippen LogP contribution in [0.1, 0.15) is 24.9 Å². The van der Waals surface area contributed by atoms with Crippen LogP contribution in [0.3, 0.4) is 0 Å². The van der Waals surface area contributed by atoms with Gasteiger partial charge in [0.25, 0.3) is 0 Å². The summed E-state index contributed by atoms with van der Waals surface area (Å²) in [7, 11) is 0. The molecule has 1 rings (SSSR count). The van der Waals surface area contributed by atoms with Gasteiger partial charge in [-0.25, -0.2) is 0 Å². The highest BCUT2D eigenvalue weighted by atomic mass is 16.4. The molecule has 0 amide bonds. The maximum Gasteiger partial charge on any atom is 0.325 e. The summed E-state index contributed by atoms with van der Waals surface area (Å²) in [5.41, 5.74) is 0.735. The van der Waals surface area contributed by atoms with Gasteiger partial charge in [-0.1, -0.05) is 30.3 Å². The predicted molar refractivity (Wildman–Crippen MR) is 62.9 cm³/mol. The second-order valence-electron chi connectivity index (χ2n) is 3.66. The zero-order chi connectivity index (χ0) is 12.0. The maximum atomic E-state index is 11.1. The Morgan fingerprint density at radius 1 is 1.50 bits per heavy atom. The molecule has 2 atom stereocenters. The first-order valence-corrected chi connectivity index (χ1v) is 5.12. The number of hydrogen-bond acceptors (Lipinski definition) is 2.